The molecule has 5 heterocycles. The third kappa shape index (κ3) is 3.01. The van der Waals surface area contributed by atoms with E-state index >= 15 is 0 Å². The van der Waals surface area contributed by atoms with Gasteiger partial charge in [-0.1, -0.05) is 0 Å². The normalized spacial score (nSPS) is 16.0. The first-order valence-corrected chi connectivity index (χ1v) is 9.44. The molecule has 0 unspecified atom stereocenters. The quantitative estimate of drug-likeness (QED) is 0.574. The number of H-pyrrole nitrogens is 1. The maximum Gasteiger partial charge on any atom is 0.233 e. The number of carbonyl (C=O) groups is 1. The highest BCUT2D eigenvalue weighted by atomic mass is 16.1. The van der Waals surface area contributed by atoms with Crippen molar-refractivity contribution >= 4 is 28.5 Å². The fourth-order valence-corrected chi connectivity index (χ4v) is 3.77. The number of nitrogens with zero attached hydrogens (tertiary/aromatic N) is 5. The van der Waals surface area contributed by atoms with Crippen LogP contribution in [0.25, 0.3) is 27.9 Å². The largest absolute Gasteiger partial charge is 0.345 e. The third-order valence-electron chi connectivity index (χ3n) is 5.44. The lowest BCUT2D eigenvalue weighted by atomic mass is 9.96. The Labute approximate surface area is 161 Å². The van der Waals surface area contributed by atoms with E-state index in [0.29, 0.717) is 11.6 Å². The van der Waals surface area contributed by atoms with Gasteiger partial charge in [-0.25, -0.2) is 15.0 Å². The second-order valence-electron chi connectivity index (χ2n) is 7.34. The number of hydrogen-bond donors (Lipinski definition) is 2. The van der Waals surface area contributed by atoms with Gasteiger partial charge in [0.05, 0.1) is 0 Å². The minimum absolute atomic E-state index is 0.0564. The van der Waals surface area contributed by atoms with Crippen molar-refractivity contribution in [3.63, 3.8) is 0 Å². The van der Waals surface area contributed by atoms with Crippen LogP contribution in [0.3, 0.4) is 0 Å². The van der Waals surface area contributed by atoms with Crippen LogP contribution in [0, 0.1) is 5.92 Å². The fraction of sp³-hybridized carbons (Fsp3) is 0.300. The molecule has 0 bridgehead atoms. The summed E-state index contributed by atoms with van der Waals surface area (Å²) in [6.07, 6.45) is 11.1. The Balaban J connectivity index is 1.39. The van der Waals surface area contributed by atoms with Crippen LogP contribution in [0.2, 0.25) is 0 Å². The zero-order valence-electron chi connectivity index (χ0n) is 15.6. The van der Waals surface area contributed by atoms with Crippen molar-refractivity contribution in [3.05, 3.63) is 43.1 Å². The van der Waals surface area contributed by atoms with Crippen molar-refractivity contribution < 1.29 is 4.79 Å². The number of likely N-dealkylation sites (tertiary alicyclic amines) is 1. The average Bonchev–Trinajstić information content (AvgIpc) is 3.34. The summed E-state index contributed by atoms with van der Waals surface area (Å²) in [5.74, 6) is 1.36. The summed E-state index contributed by atoms with van der Waals surface area (Å²) in [5, 5.41) is 3.96. The summed E-state index contributed by atoms with van der Waals surface area (Å²) >= 11 is 0. The van der Waals surface area contributed by atoms with Gasteiger partial charge < -0.3 is 15.2 Å². The molecule has 142 valence electrons. The maximum atomic E-state index is 12.5. The van der Waals surface area contributed by atoms with Gasteiger partial charge in [0, 0.05) is 53.4 Å². The van der Waals surface area contributed by atoms with Crippen LogP contribution in [-0.4, -0.2) is 55.3 Å². The van der Waals surface area contributed by atoms with Crippen molar-refractivity contribution in [2.75, 3.05) is 25.5 Å². The first-order chi connectivity index (χ1) is 13.7. The van der Waals surface area contributed by atoms with Crippen LogP contribution in [0.4, 0.5) is 5.82 Å². The van der Waals surface area contributed by atoms with E-state index in [1.54, 1.807) is 12.4 Å². The summed E-state index contributed by atoms with van der Waals surface area (Å²) in [6.45, 7) is 1.92. The summed E-state index contributed by atoms with van der Waals surface area (Å²) in [6, 6.07) is 3.84. The number of aromatic nitrogens is 5. The lowest BCUT2D eigenvalue weighted by molar-refractivity contribution is -0.121. The number of carbonyl (C=O) groups excluding carboxylic acids is 1. The van der Waals surface area contributed by atoms with E-state index in [0.717, 1.165) is 48.1 Å². The topological polar surface area (TPSA) is 91.2 Å². The van der Waals surface area contributed by atoms with Gasteiger partial charge in [-0.05, 0) is 45.1 Å². The molecule has 4 aromatic heterocycles. The average molecular weight is 375 g/mol. The molecular formula is C20H21N7O. The number of anilines is 1. The molecule has 8 nitrogen and oxygen atoms in total. The molecule has 0 aliphatic carbocycles. The van der Waals surface area contributed by atoms with E-state index < -0.39 is 0 Å². The van der Waals surface area contributed by atoms with E-state index in [4.69, 9.17) is 0 Å². The van der Waals surface area contributed by atoms with Gasteiger partial charge in [-0.3, -0.25) is 9.20 Å². The molecule has 1 aliphatic heterocycles. The molecular weight excluding hydrogens is 354 g/mol. The summed E-state index contributed by atoms with van der Waals surface area (Å²) in [7, 11) is 2.09. The molecule has 0 spiro atoms. The van der Waals surface area contributed by atoms with Gasteiger partial charge in [0.25, 0.3) is 0 Å². The van der Waals surface area contributed by atoms with Crippen LogP contribution in [0.15, 0.2) is 43.1 Å². The van der Waals surface area contributed by atoms with E-state index in [9.17, 15) is 4.79 Å². The van der Waals surface area contributed by atoms with E-state index in [-0.39, 0.29) is 11.8 Å². The van der Waals surface area contributed by atoms with Crippen LogP contribution in [-0.2, 0) is 4.79 Å². The Hall–Kier alpha value is -3.26. The van der Waals surface area contributed by atoms with Crippen molar-refractivity contribution in [2.24, 2.45) is 5.92 Å². The monoisotopic (exact) mass is 375 g/mol. The summed E-state index contributed by atoms with van der Waals surface area (Å²) in [4.78, 5) is 31.1. The van der Waals surface area contributed by atoms with Crippen LogP contribution in [0.5, 0.6) is 0 Å². The van der Waals surface area contributed by atoms with E-state index in [1.807, 2.05) is 35.1 Å². The molecule has 28 heavy (non-hydrogen) atoms. The summed E-state index contributed by atoms with van der Waals surface area (Å²) < 4.78 is 1.89. The number of imidazole rings is 1. The number of fused-ring (bicyclic) bond motifs is 2. The van der Waals surface area contributed by atoms with Gasteiger partial charge in [0.2, 0.25) is 11.7 Å². The minimum Gasteiger partial charge on any atom is -0.345 e. The predicted octanol–water partition coefficient (Wildman–Crippen LogP) is 2.55. The number of aromatic amines is 1. The Morgan fingerprint density at radius 3 is 2.96 bits per heavy atom. The second kappa shape index (κ2) is 6.72. The van der Waals surface area contributed by atoms with E-state index in [1.165, 1.54) is 0 Å². The molecule has 1 saturated heterocycles. The van der Waals surface area contributed by atoms with Crippen molar-refractivity contribution in [3.8, 4) is 11.1 Å². The van der Waals surface area contributed by atoms with Gasteiger partial charge in [-0.15, -0.1) is 0 Å². The molecule has 0 radical (unpaired) electrons. The van der Waals surface area contributed by atoms with E-state index in [2.05, 4.69) is 37.2 Å². The molecule has 2 N–H and O–H groups in total. The molecule has 0 atom stereocenters. The molecule has 5 rings (SSSR count). The molecule has 8 heteroatoms. The molecule has 1 fully saturated rings. The molecule has 0 aromatic carbocycles. The highest BCUT2D eigenvalue weighted by Crippen LogP contribution is 2.28. The van der Waals surface area contributed by atoms with Gasteiger partial charge in [-0.2, -0.15) is 0 Å². The molecule has 4 aromatic rings. The molecule has 1 amide bonds. The fourth-order valence-electron chi connectivity index (χ4n) is 3.77. The van der Waals surface area contributed by atoms with Crippen molar-refractivity contribution in [2.45, 2.75) is 12.8 Å². The lowest BCUT2D eigenvalue weighted by Crippen LogP contribution is -2.36. The SMILES string of the molecule is CN1CCC(C(=O)Nc2ccc3c(-c4cnc5nccn5c4)c[nH]c3n2)CC1. The number of amides is 1. The van der Waals surface area contributed by atoms with Gasteiger partial charge in [0.1, 0.15) is 11.5 Å². The second-order valence-corrected chi connectivity index (χ2v) is 7.34. The summed E-state index contributed by atoms with van der Waals surface area (Å²) in [5.41, 5.74) is 2.72. The van der Waals surface area contributed by atoms with Crippen LogP contribution in [0.1, 0.15) is 12.8 Å². The Morgan fingerprint density at radius 2 is 2.11 bits per heavy atom. The number of rotatable bonds is 3. The van der Waals surface area contributed by atoms with Crippen LogP contribution >= 0.6 is 0 Å². The first kappa shape index (κ1) is 16.9. The number of hydrogen-bond acceptors (Lipinski definition) is 5. The zero-order valence-corrected chi connectivity index (χ0v) is 15.6. The molecule has 0 saturated carbocycles. The predicted molar refractivity (Wildman–Crippen MR) is 107 cm³/mol. The highest BCUT2D eigenvalue weighted by Gasteiger charge is 2.23. The standard InChI is InChI=1S/C20H21N7O/c1-26-7-4-13(5-8-26)19(28)25-17-3-2-15-16(11-22-18(15)24-17)14-10-23-20-21-6-9-27(20)12-14/h2-3,6,9-13H,4-5,7-8H2,1H3,(H2,22,24,25,28). The lowest BCUT2D eigenvalue weighted by Gasteiger charge is -2.27. The Morgan fingerprint density at radius 1 is 1.25 bits per heavy atom. The Kier molecular flexibility index (Phi) is 4.05. The minimum atomic E-state index is 0.0564. The van der Waals surface area contributed by atoms with Gasteiger partial charge >= 0.3 is 0 Å². The van der Waals surface area contributed by atoms with Crippen molar-refractivity contribution in [1.29, 1.82) is 0 Å². The number of pyridine rings is 1. The zero-order chi connectivity index (χ0) is 19.1. The highest BCUT2D eigenvalue weighted by molar-refractivity contribution is 5.96. The number of piperidine rings is 1. The smallest absolute Gasteiger partial charge is 0.233 e. The van der Waals surface area contributed by atoms with Crippen LogP contribution < -0.4 is 5.32 Å². The first-order valence-electron chi connectivity index (χ1n) is 9.44. The van der Waals surface area contributed by atoms with Gasteiger partial charge in [0.15, 0.2) is 0 Å². The third-order valence-corrected chi connectivity index (χ3v) is 5.44. The molecule has 1 aliphatic rings. The maximum absolute atomic E-state index is 12.5. The van der Waals surface area contributed by atoms with Crippen molar-refractivity contribution in [1.82, 2.24) is 29.2 Å². The number of nitrogens with one attached hydrogen (secondary N) is 2. The Bertz CT molecular complexity index is 1150.